The molecule has 0 aliphatic heterocycles. The maximum Gasteiger partial charge on any atom is 0.338 e. The van der Waals surface area contributed by atoms with Crippen molar-refractivity contribution in [1.29, 1.82) is 0 Å². The summed E-state index contributed by atoms with van der Waals surface area (Å²) < 4.78 is 35.8. The van der Waals surface area contributed by atoms with Crippen molar-refractivity contribution >= 4 is 27.7 Å². The van der Waals surface area contributed by atoms with E-state index in [0.717, 1.165) is 33.4 Å². The number of ether oxygens (including phenoxy) is 1. The van der Waals surface area contributed by atoms with Gasteiger partial charge in [0.05, 0.1) is 11.5 Å². The molecule has 0 radical (unpaired) electrons. The van der Waals surface area contributed by atoms with Crippen LogP contribution >= 0.6 is 0 Å². The first-order valence-electron chi connectivity index (χ1n) is 16.6. The lowest BCUT2D eigenvalue weighted by Gasteiger charge is -2.20. The van der Waals surface area contributed by atoms with Gasteiger partial charge in [0.25, 0.3) is 10.1 Å². The first-order chi connectivity index (χ1) is 23.7. The van der Waals surface area contributed by atoms with E-state index in [1.165, 1.54) is 16.7 Å². The molecule has 1 atom stereocenters. The van der Waals surface area contributed by atoms with E-state index in [4.69, 9.17) is 9.29 Å². The second kappa shape index (κ2) is 15.2. The molecule has 0 fully saturated rings. The number of benzene rings is 5. The fraction of sp³-hybridized carbons (Fsp3) is 0.238. The molecule has 2 N–H and O–H groups in total. The van der Waals surface area contributed by atoms with E-state index in [0.29, 0.717) is 12.1 Å². The van der Waals surface area contributed by atoms with E-state index in [2.05, 4.69) is 82.4 Å². The average molecular weight is 690 g/mol. The highest BCUT2D eigenvalue weighted by Crippen LogP contribution is 2.30. The van der Waals surface area contributed by atoms with Gasteiger partial charge in [0.15, 0.2) is 0 Å². The number of carbonyl (C=O) groups is 2. The van der Waals surface area contributed by atoms with E-state index in [9.17, 15) is 18.0 Å². The molecule has 0 spiro atoms. The van der Waals surface area contributed by atoms with Crippen LogP contribution in [0, 0.1) is 13.8 Å². The number of nitrogens with one attached hydrogen (secondary N) is 1. The maximum atomic E-state index is 14.0. The third-order valence-electron chi connectivity index (χ3n) is 8.76. The van der Waals surface area contributed by atoms with Gasteiger partial charge in [-0.3, -0.25) is 9.35 Å². The Kier molecular flexibility index (Phi) is 11.0. The molecule has 0 heterocycles. The van der Waals surface area contributed by atoms with E-state index in [-0.39, 0.29) is 16.9 Å². The second-order valence-corrected chi connectivity index (χ2v) is 15.3. The van der Waals surface area contributed by atoms with Crippen molar-refractivity contribution in [3.63, 3.8) is 0 Å². The Bertz CT molecular complexity index is 2060. The third kappa shape index (κ3) is 9.55. The van der Waals surface area contributed by atoms with Crippen molar-refractivity contribution in [2.45, 2.75) is 52.4 Å². The van der Waals surface area contributed by atoms with Crippen LogP contribution in [0.15, 0.2) is 115 Å². The predicted octanol–water partition coefficient (Wildman–Crippen LogP) is 8.94. The standard InChI is InChI=1S/C42H43NO6S/c1-28-6-23-38(29(2)26-28)33-17-21-37(22-18-33)43-40(44)39(27-30-7-9-35(10-8-30)41(45)49-24-25-50(46,47)48)34-13-11-31(12-14-34)32-15-19-36(20-16-32)42(3,4)5/h6-23,26,39H,24-25,27H2,1-5H3,(H,43,44)(H,46,47,48). The maximum absolute atomic E-state index is 14.0. The molecule has 5 aromatic carbocycles. The van der Waals surface area contributed by atoms with Crippen molar-refractivity contribution in [1.82, 2.24) is 0 Å². The number of aryl methyl sites for hydroxylation is 2. The summed E-state index contributed by atoms with van der Waals surface area (Å²) in [7, 11) is -4.24. The summed E-state index contributed by atoms with van der Waals surface area (Å²) in [5, 5.41) is 3.11. The van der Waals surface area contributed by atoms with Gasteiger partial charge in [-0.2, -0.15) is 8.42 Å². The van der Waals surface area contributed by atoms with E-state index in [1.54, 1.807) is 24.3 Å². The highest BCUT2D eigenvalue weighted by Gasteiger charge is 2.23. The number of carbonyl (C=O) groups excluding carboxylic acids is 2. The number of anilines is 1. The third-order valence-corrected chi connectivity index (χ3v) is 9.45. The van der Waals surface area contributed by atoms with Crippen molar-refractivity contribution in [2.24, 2.45) is 0 Å². The highest BCUT2D eigenvalue weighted by molar-refractivity contribution is 7.85. The van der Waals surface area contributed by atoms with Crippen LogP contribution in [0.3, 0.4) is 0 Å². The Morgan fingerprint density at radius 1 is 0.760 bits per heavy atom. The fourth-order valence-corrected chi connectivity index (χ4v) is 6.16. The van der Waals surface area contributed by atoms with E-state index >= 15 is 0 Å². The van der Waals surface area contributed by atoms with Crippen LogP contribution in [0.1, 0.15) is 64.9 Å². The minimum Gasteiger partial charge on any atom is -0.461 e. The summed E-state index contributed by atoms with van der Waals surface area (Å²) in [6, 6.07) is 37.5. The Morgan fingerprint density at radius 3 is 1.90 bits per heavy atom. The van der Waals surface area contributed by atoms with Gasteiger partial charge in [0.1, 0.15) is 12.4 Å². The van der Waals surface area contributed by atoms with Gasteiger partial charge >= 0.3 is 5.97 Å². The molecule has 1 amide bonds. The van der Waals surface area contributed by atoms with Gasteiger partial charge in [-0.15, -0.1) is 0 Å². The van der Waals surface area contributed by atoms with Crippen molar-refractivity contribution < 1.29 is 27.3 Å². The summed E-state index contributed by atoms with van der Waals surface area (Å²) in [5.74, 6) is -2.09. The molecule has 1 unspecified atom stereocenters. The first kappa shape index (κ1) is 36.2. The van der Waals surface area contributed by atoms with E-state index in [1.807, 2.05) is 48.5 Å². The second-order valence-electron chi connectivity index (χ2n) is 13.7. The largest absolute Gasteiger partial charge is 0.461 e. The summed E-state index contributed by atoms with van der Waals surface area (Å²) in [4.78, 5) is 26.4. The molecule has 5 aromatic rings. The van der Waals surface area contributed by atoms with Crippen LogP contribution in [0.2, 0.25) is 0 Å². The topological polar surface area (TPSA) is 110 Å². The lowest BCUT2D eigenvalue weighted by Crippen LogP contribution is -2.23. The molecule has 0 bridgehead atoms. The van der Waals surface area contributed by atoms with Gasteiger partial charge in [-0.05, 0) is 94.5 Å². The zero-order valence-electron chi connectivity index (χ0n) is 29.1. The van der Waals surface area contributed by atoms with Crippen LogP contribution in [0.25, 0.3) is 22.3 Å². The first-order valence-corrected chi connectivity index (χ1v) is 18.2. The molecule has 8 heteroatoms. The molecule has 258 valence electrons. The van der Waals surface area contributed by atoms with Crippen LogP contribution in [0.4, 0.5) is 5.69 Å². The van der Waals surface area contributed by atoms with Crippen molar-refractivity contribution in [3.05, 3.63) is 149 Å². The number of rotatable bonds is 11. The molecular formula is C42H43NO6S. The molecule has 0 aliphatic carbocycles. The predicted molar refractivity (Wildman–Crippen MR) is 200 cm³/mol. The van der Waals surface area contributed by atoms with Crippen LogP contribution < -0.4 is 5.32 Å². The van der Waals surface area contributed by atoms with Gasteiger partial charge in [-0.1, -0.05) is 117 Å². The summed E-state index contributed by atoms with van der Waals surface area (Å²) in [6.45, 7) is 10.3. The lowest BCUT2D eigenvalue weighted by molar-refractivity contribution is -0.117. The number of hydrogen-bond acceptors (Lipinski definition) is 5. The molecule has 0 aromatic heterocycles. The lowest BCUT2D eigenvalue weighted by atomic mass is 9.86. The van der Waals surface area contributed by atoms with Gasteiger partial charge in [0, 0.05) is 5.69 Å². The van der Waals surface area contributed by atoms with Crippen LogP contribution in [-0.4, -0.2) is 37.2 Å². The molecule has 5 rings (SSSR count). The normalized spacial score (nSPS) is 12.3. The Labute approximate surface area is 295 Å². The summed E-state index contributed by atoms with van der Waals surface area (Å²) in [5.41, 5.74) is 10.7. The molecule has 0 saturated carbocycles. The van der Waals surface area contributed by atoms with Crippen molar-refractivity contribution in [2.75, 3.05) is 17.7 Å². The molecule has 0 aliphatic rings. The SMILES string of the molecule is Cc1ccc(-c2ccc(NC(=O)C(Cc3ccc(C(=O)OCCS(=O)(=O)O)cc3)c3ccc(-c4ccc(C(C)(C)C)cc4)cc3)cc2)c(C)c1. The van der Waals surface area contributed by atoms with Crippen molar-refractivity contribution in [3.8, 4) is 22.3 Å². The van der Waals surface area contributed by atoms with Gasteiger partial charge < -0.3 is 10.1 Å². The zero-order chi connectivity index (χ0) is 36.1. The summed E-state index contributed by atoms with van der Waals surface area (Å²) in [6.07, 6.45) is 0.365. The number of esters is 1. The minimum absolute atomic E-state index is 0.0600. The Morgan fingerprint density at radius 2 is 1.34 bits per heavy atom. The van der Waals surface area contributed by atoms with Crippen LogP contribution in [-0.2, 0) is 31.5 Å². The monoisotopic (exact) mass is 689 g/mol. The highest BCUT2D eigenvalue weighted by atomic mass is 32.2. The molecule has 0 saturated heterocycles. The quantitative estimate of drug-likeness (QED) is 0.106. The van der Waals surface area contributed by atoms with Crippen LogP contribution in [0.5, 0.6) is 0 Å². The smallest absolute Gasteiger partial charge is 0.338 e. The minimum atomic E-state index is -4.24. The summed E-state index contributed by atoms with van der Waals surface area (Å²) >= 11 is 0. The Balaban J connectivity index is 1.37. The molecule has 50 heavy (non-hydrogen) atoms. The van der Waals surface area contributed by atoms with Gasteiger partial charge in [0.2, 0.25) is 5.91 Å². The fourth-order valence-electron chi connectivity index (χ4n) is 5.87. The molecular weight excluding hydrogens is 647 g/mol. The Hall–Kier alpha value is -5.05. The zero-order valence-corrected chi connectivity index (χ0v) is 29.9. The number of amides is 1. The number of hydrogen-bond donors (Lipinski definition) is 2. The molecule has 7 nitrogen and oxygen atoms in total. The van der Waals surface area contributed by atoms with E-state index < -0.39 is 34.4 Å². The van der Waals surface area contributed by atoms with Gasteiger partial charge in [-0.25, -0.2) is 4.79 Å². The average Bonchev–Trinajstić information content (AvgIpc) is 3.07.